The highest BCUT2D eigenvalue weighted by Gasteiger charge is 2.20. The first-order valence-electron chi connectivity index (χ1n) is 7.14. The molecule has 0 bridgehead atoms. The molecule has 3 nitrogen and oxygen atoms in total. The summed E-state index contributed by atoms with van der Waals surface area (Å²) in [4.78, 5) is 1.15. The Morgan fingerprint density at radius 3 is 2.75 bits per heavy atom. The van der Waals surface area contributed by atoms with Gasteiger partial charge in [0.15, 0.2) is 9.84 Å². The second-order valence-electron chi connectivity index (χ2n) is 5.57. The quantitative estimate of drug-likeness (QED) is 0.750. The largest absolute Gasteiger partial charge is 0.310 e. The lowest BCUT2D eigenvalue weighted by molar-refractivity contribution is 0.589. The highest BCUT2D eigenvalue weighted by atomic mass is 32.2. The average Bonchev–Trinajstić information content (AvgIpc) is 3.20. The molecule has 0 aromatic heterocycles. The van der Waals surface area contributed by atoms with Crippen LogP contribution in [0.1, 0.15) is 32.3 Å². The summed E-state index contributed by atoms with van der Waals surface area (Å²) in [5.41, 5.74) is 1.27. The van der Waals surface area contributed by atoms with Crippen LogP contribution < -0.4 is 5.32 Å². The second kappa shape index (κ2) is 6.96. The molecule has 0 aliphatic heterocycles. The number of hydrogen-bond acceptors (Lipinski definition) is 4. The van der Waals surface area contributed by atoms with Crippen LogP contribution in [0.3, 0.4) is 0 Å². The van der Waals surface area contributed by atoms with Crippen LogP contribution in [0, 0.1) is 0 Å². The molecule has 1 fully saturated rings. The summed E-state index contributed by atoms with van der Waals surface area (Å²) in [6.45, 7) is 4.39. The minimum absolute atomic E-state index is 0.250. The van der Waals surface area contributed by atoms with E-state index in [0.717, 1.165) is 11.4 Å². The topological polar surface area (TPSA) is 46.2 Å². The first kappa shape index (κ1) is 15.9. The van der Waals surface area contributed by atoms with Crippen molar-refractivity contribution in [3.63, 3.8) is 0 Å². The van der Waals surface area contributed by atoms with Gasteiger partial charge in [-0.1, -0.05) is 12.1 Å². The van der Waals surface area contributed by atoms with Gasteiger partial charge in [-0.15, -0.1) is 11.8 Å². The fraction of sp³-hybridized carbons (Fsp3) is 0.600. The zero-order chi connectivity index (χ0) is 14.6. The van der Waals surface area contributed by atoms with E-state index in [0.29, 0.717) is 11.8 Å². The Bertz CT molecular complexity index is 537. The molecule has 1 aliphatic rings. The molecule has 1 aromatic carbocycles. The van der Waals surface area contributed by atoms with E-state index in [2.05, 4.69) is 17.4 Å². The maximum absolute atomic E-state index is 11.7. The van der Waals surface area contributed by atoms with Gasteiger partial charge in [0.05, 0.1) is 11.0 Å². The minimum atomic E-state index is -2.92. The molecule has 0 unspecified atom stereocenters. The Kier molecular flexibility index (Phi) is 5.52. The molecule has 20 heavy (non-hydrogen) atoms. The smallest absolute Gasteiger partial charge is 0.153 e. The SMILES string of the molecule is CC(C)S(=O)(=O)CCSc1cccc(CNC2CC2)c1. The first-order valence-corrected chi connectivity index (χ1v) is 9.84. The number of thioether (sulfide) groups is 1. The lowest BCUT2D eigenvalue weighted by Crippen LogP contribution is -2.19. The lowest BCUT2D eigenvalue weighted by atomic mass is 10.2. The van der Waals surface area contributed by atoms with E-state index >= 15 is 0 Å². The van der Waals surface area contributed by atoms with E-state index in [4.69, 9.17) is 0 Å². The molecule has 1 saturated carbocycles. The van der Waals surface area contributed by atoms with Gasteiger partial charge in [0.2, 0.25) is 0 Å². The van der Waals surface area contributed by atoms with Gasteiger partial charge in [-0.3, -0.25) is 0 Å². The molecule has 1 aliphatic carbocycles. The van der Waals surface area contributed by atoms with Gasteiger partial charge in [-0.25, -0.2) is 8.42 Å². The van der Waals surface area contributed by atoms with E-state index in [1.54, 1.807) is 25.6 Å². The molecule has 0 spiro atoms. The van der Waals surface area contributed by atoms with Crippen LogP contribution in [0.4, 0.5) is 0 Å². The van der Waals surface area contributed by atoms with Crippen LogP contribution in [0.2, 0.25) is 0 Å². The van der Waals surface area contributed by atoms with Gasteiger partial charge in [-0.05, 0) is 44.4 Å². The Hall–Kier alpha value is -0.520. The van der Waals surface area contributed by atoms with Crippen LogP contribution in [0.5, 0.6) is 0 Å². The summed E-state index contributed by atoms with van der Waals surface area (Å²) in [5, 5.41) is 3.21. The highest BCUT2D eigenvalue weighted by molar-refractivity contribution is 8.00. The van der Waals surface area contributed by atoms with Crippen molar-refractivity contribution in [3.8, 4) is 0 Å². The summed E-state index contributed by atoms with van der Waals surface area (Å²) in [7, 11) is -2.92. The van der Waals surface area contributed by atoms with Gasteiger partial charge in [-0.2, -0.15) is 0 Å². The fourth-order valence-electron chi connectivity index (χ4n) is 1.81. The minimum Gasteiger partial charge on any atom is -0.310 e. The third-order valence-electron chi connectivity index (χ3n) is 3.43. The van der Waals surface area contributed by atoms with Crippen molar-refractivity contribution in [2.75, 3.05) is 11.5 Å². The lowest BCUT2D eigenvalue weighted by Gasteiger charge is -2.08. The molecule has 0 heterocycles. The van der Waals surface area contributed by atoms with Crippen LogP contribution in [-0.2, 0) is 16.4 Å². The predicted octanol–water partition coefficient (Wildman–Crippen LogP) is 2.85. The Morgan fingerprint density at radius 2 is 2.10 bits per heavy atom. The van der Waals surface area contributed by atoms with E-state index in [1.807, 2.05) is 12.1 Å². The van der Waals surface area contributed by atoms with Crippen molar-refractivity contribution >= 4 is 21.6 Å². The number of benzene rings is 1. The Labute approximate surface area is 126 Å². The van der Waals surface area contributed by atoms with Crippen molar-refractivity contribution in [2.45, 2.75) is 49.4 Å². The molecular weight excluding hydrogens is 290 g/mol. The molecule has 1 N–H and O–H groups in total. The van der Waals surface area contributed by atoms with Crippen LogP contribution >= 0.6 is 11.8 Å². The Balaban J connectivity index is 1.81. The van der Waals surface area contributed by atoms with Gasteiger partial charge >= 0.3 is 0 Å². The van der Waals surface area contributed by atoms with E-state index < -0.39 is 9.84 Å². The monoisotopic (exact) mass is 313 g/mol. The number of hydrogen-bond donors (Lipinski definition) is 1. The summed E-state index contributed by atoms with van der Waals surface area (Å²) in [6.07, 6.45) is 2.59. The van der Waals surface area contributed by atoms with Crippen molar-refractivity contribution in [2.24, 2.45) is 0 Å². The maximum Gasteiger partial charge on any atom is 0.153 e. The van der Waals surface area contributed by atoms with Gasteiger partial charge in [0, 0.05) is 23.2 Å². The molecule has 5 heteroatoms. The molecule has 112 valence electrons. The fourth-order valence-corrected chi connectivity index (χ4v) is 4.19. The van der Waals surface area contributed by atoms with E-state index in [1.165, 1.54) is 18.4 Å². The first-order chi connectivity index (χ1) is 9.47. The normalized spacial score (nSPS) is 15.8. The summed E-state index contributed by atoms with van der Waals surface area (Å²) in [5.74, 6) is 0.875. The zero-order valence-electron chi connectivity index (χ0n) is 12.1. The molecule has 0 radical (unpaired) electrons. The number of nitrogens with one attached hydrogen (secondary N) is 1. The average molecular weight is 313 g/mol. The van der Waals surface area contributed by atoms with Crippen molar-refractivity contribution < 1.29 is 8.42 Å². The van der Waals surface area contributed by atoms with Crippen LogP contribution in [-0.4, -0.2) is 31.2 Å². The number of rotatable bonds is 8. The van der Waals surface area contributed by atoms with E-state index in [-0.39, 0.29) is 11.0 Å². The van der Waals surface area contributed by atoms with Crippen molar-refractivity contribution in [3.05, 3.63) is 29.8 Å². The molecule has 1 aromatic rings. The van der Waals surface area contributed by atoms with E-state index in [9.17, 15) is 8.42 Å². The van der Waals surface area contributed by atoms with Crippen LogP contribution in [0.25, 0.3) is 0 Å². The summed E-state index contributed by atoms with van der Waals surface area (Å²) >= 11 is 1.62. The van der Waals surface area contributed by atoms with Gasteiger partial charge in [0.1, 0.15) is 0 Å². The van der Waals surface area contributed by atoms with Crippen LogP contribution in [0.15, 0.2) is 29.2 Å². The second-order valence-corrected chi connectivity index (χ2v) is 9.41. The third kappa shape index (κ3) is 5.11. The molecule has 0 atom stereocenters. The predicted molar refractivity (Wildman–Crippen MR) is 86.0 cm³/mol. The van der Waals surface area contributed by atoms with Gasteiger partial charge < -0.3 is 5.32 Å². The number of sulfone groups is 1. The Morgan fingerprint density at radius 1 is 1.35 bits per heavy atom. The third-order valence-corrected chi connectivity index (χ3v) is 6.89. The zero-order valence-corrected chi connectivity index (χ0v) is 13.8. The standard InChI is InChI=1S/C15H23NO2S2/c1-12(2)20(17,18)9-8-19-15-5-3-4-13(10-15)11-16-14-6-7-14/h3-5,10,12,14,16H,6-9,11H2,1-2H3. The molecule has 0 saturated heterocycles. The summed E-state index contributed by atoms with van der Waals surface area (Å²) < 4.78 is 23.5. The van der Waals surface area contributed by atoms with Crippen molar-refractivity contribution in [1.29, 1.82) is 0 Å². The molecular formula is C15H23NO2S2. The maximum atomic E-state index is 11.7. The van der Waals surface area contributed by atoms with Gasteiger partial charge in [0.25, 0.3) is 0 Å². The highest BCUT2D eigenvalue weighted by Crippen LogP contribution is 2.22. The summed E-state index contributed by atoms with van der Waals surface area (Å²) in [6, 6.07) is 9.07. The van der Waals surface area contributed by atoms with Crippen molar-refractivity contribution in [1.82, 2.24) is 5.32 Å². The molecule has 0 amide bonds. The molecule has 2 rings (SSSR count).